The first kappa shape index (κ1) is 12.8. The van der Waals surface area contributed by atoms with E-state index in [4.69, 9.17) is 4.74 Å². The van der Waals surface area contributed by atoms with Crippen LogP contribution in [0, 0.1) is 16.0 Å². The molecule has 1 unspecified atom stereocenters. The zero-order valence-corrected chi connectivity index (χ0v) is 10.2. The van der Waals surface area contributed by atoms with Gasteiger partial charge in [-0.25, -0.2) is 0 Å². The van der Waals surface area contributed by atoms with E-state index in [-0.39, 0.29) is 35.6 Å². The van der Waals surface area contributed by atoms with Gasteiger partial charge in [-0.15, -0.1) is 0 Å². The van der Waals surface area contributed by atoms with E-state index in [9.17, 15) is 19.7 Å². The second-order valence-electron chi connectivity index (χ2n) is 4.90. The van der Waals surface area contributed by atoms with E-state index in [1.807, 2.05) is 0 Å². The number of nitrogens with zero attached hydrogens (tertiary/aromatic N) is 1. The number of hydrogen-bond donors (Lipinski definition) is 1. The smallest absolute Gasteiger partial charge is 0.309 e. The molecule has 1 spiro atoms. The predicted molar refractivity (Wildman–Crippen MR) is 60.2 cm³/mol. The summed E-state index contributed by atoms with van der Waals surface area (Å²) in [5.74, 6) is -0.828. The maximum Gasteiger partial charge on any atom is 0.309 e. The Bertz CT molecular complexity index is 389. The number of nitrogens with one attached hydrogen (secondary N) is 1. The predicted octanol–water partition coefficient (Wildman–Crippen LogP) is 0.254. The van der Waals surface area contributed by atoms with Crippen molar-refractivity contribution < 1.29 is 19.2 Å². The molecule has 0 radical (unpaired) electrons. The highest BCUT2D eigenvalue weighted by Gasteiger charge is 2.60. The molecule has 2 aliphatic rings. The largest absolute Gasteiger partial charge is 0.466 e. The molecule has 1 heterocycles. The summed E-state index contributed by atoms with van der Waals surface area (Å²) >= 11 is 0. The van der Waals surface area contributed by atoms with Crippen LogP contribution in [0.5, 0.6) is 0 Å². The molecule has 2 rings (SSSR count). The molecule has 1 aliphatic heterocycles. The second-order valence-corrected chi connectivity index (χ2v) is 4.90. The van der Waals surface area contributed by atoms with Crippen molar-refractivity contribution in [1.82, 2.24) is 5.32 Å². The summed E-state index contributed by atoms with van der Waals surface area (Å²) < 4.78 is 4.88. The Balaban J connectivity index is 2.04. The van der Waals surface area contributed by atoms with Gasteiger partial charge in [0.2, 0.25) is 11.9 Å². The first-order chi connectivity index (χ1) is 8.48. The Hall–Kier alpha value is -1.66. The van der Waals surface area contributed by atoms with Crippen LogP contribution in [-0.2, 0) is 14.3 Å². The van der Waals surface area contributed by atoms with E-state index in [1.54, 1.807) is 6.92 Å². The number of carbonyl (C=O) groups excluding carboxylic acids is 2. The standard InChI is InChI=1S/C11H16N2O5/c1-2-18-10(15)7-5-11(6-7)8(13(16)17)3-4-9(14)12-11/h7-8H,2-6H2,1H3,(H,12,14). The summed E-state index contributed by atoms with van der Waals surface area (Å²) in [5.41, 5.74) is -0.837. The molecular weight excluding hydrogens is 240 g/mol. The minimum atomic E-state index is -0.837. The van der Waals surface area contributed by atoms with Crippen molar-refractivity contribution in [2.45, 2.75) is 44.2 Å². The third-order valence-corrected chi connectivity index (χ3v) is 3.77. The fraction of sp³-hybridized carbons (Fsp3) is 0.818. The maximum atomic E-state index is 11.5. The van der Waals surface area contributed by atoms with Gasteiger partial charge in [0.05, 0.1) is 12.5 Å². The Kier molecular flexibility index (Phi) is 3.23. The maximum absolute atomic E-state index is 11.5. The number of ether oxygens (including phenoxy) is 1. The van der Waals surface area contributed by atoms with Crippen LogP contribution >= 0.6 is 0 Å². The first-order valence-corrected chi connectivity index (χ1v) is 6.09. The summed E-state index contributed by atoms with van der Waals surface area (Å²) in [6.45, 7) is 2.02. The molecule has 1 saturated carbocycles. The second kappa shape index (κ2) is 4.55. The fourth-order valence-electron chi connectivity index (χ4n) is 2.90. The molecule has 0 aromatic carbocycles. The van der Waals surface area contributed by atoms with Gasteiger partial charge in [-0.05, 0) is 19.8 Å². The van der Waals surface area contributed by atoms with Crippen LogP contribution in [-0.4, -0.2) is 35.0 Å². The zero-order chi connectivity index (χ0) is 13.3. The number of nitro groups is 1. The van der Waals surface area contributed by atoms with E-state index < -0.39 is 11.6 Å². The highest BCUT2D eigenvalue weighted by molar-refractivity contribution is 5.80. The molecular formula is C11H16N2O5. The average Bonchev–Trinajstić information content (AvgIpc) is 2.25. The van der Waals surface area contributed by atoms with Crippen molar-refractivity contribution in [3.63, 3.8) is 0 Å². The third-order valence-electron chi connectivity index (χ3n) is 3.77. The van der Waals surface area contributed by atoms with Gasteiger partial charge >= 0.3 is 5.97 Å². The lowest BCUT2D eigenvalue weighted by Gasteiger charge is -2.49. The molecule has 2 fully saturated rings. The number of esters is 1. The van der Waals surface area contributed by atoms with Gasteiger partial charge in [-0.1, -0.05) is 0 Å². The minimum absolute atomic E-state index is 0.171. The summed E-state index contributed by atoms with van der Waals surface area (Å²) in [4.78, 5) is 33.6. The van der Waals surface area contributed by atoms with Gasteiger partial charge in [0, 0.05) is 17.8 Å². The third kappa shape index (κ3) is 2.04. The van der Waals surface area contributed by atoms with Crippen molar-refractivity contribution in [2.24, 2.45) is 5.92 Å². The van der Waals surface area contributed by atoms with Gasteiger partial charge < -0.3 is 10.1 Å². The summed E-state index contributed by atoms with van der Waals surface area (Å²) in [7, 11) is 0. The Labute approximate surface area is 104 Å². The molecule has 7 heteroatoms. The quantitative estimate of drug-likeness (QED) is 0.443. The Morgan fingerprint density at radius 1 is 1.61 bits per heavy atom. The number of rotatable bonds is 3. The van der Waals surface area contributed by atoms with Crippen molar-refractivity contribution in [1.29, 1.82) is 0 Å². The summed E-state index contributed by atoms with van der Waals surface area (Å²) in [5, 5.41) is 13.7. The van der Waals surface area contributed by atoms with E-state index in [0.717, 1.165) is 0 Å². The summed E-state index contributed by atoms with van der Waals surface area (Å²) in [6, 6.07) is -0.791. The monoisotopic (exact) mass is 256 g/mol. The highest BCUT2D eigenvalue weighted by Crippen LogP contribution is 2.44. The van der Waals surface area contributed by atoms with Gasteiger partial charge in [0.1, 0.15) is 5.54 Å². The van der Waals surface area contributed by atoms with Gasteiger partial charge in [0.25, 0.3) is 0 Å². The van der Waals surface area contributed by atoms with Crippen molar-refractivity contribution in [3.8, 4) is 0 Å². The van der Waals surface area contributed by atoms with Crippen LogP contribution in [0.15, 0.2) is 0 Å². The molecule has 100 valence electrons. The van der Waals surface area contributed by atoms with Crippen molar-refractivity contribution in [3.05, 3.63) is 10.1 Å². The van der Waals surface area contributed by atoms with Crippen LogP contribution in [0.4, 0.5) is 0 Å². The molecule has 0 bridgehead atoms. The van der Waals surface area contributed by atoms with E-state index >= 15 is 0 Å². The lowest BCUT2D eigenvalue weighted by atomic mass is 9.62. The lowest BCUT2D eigenvalue weighted by Crippen LogP contribution is -2.69. The Morgan fingerprint density at radius 3 is 2.83 bits per heavy atom. The summed E-state index contributed by atoms with van der Waals surface area (Å²) in [6.07, 6.45) is 1.04. The van der Waals surface area contributed by atoms with Crippen molar-refractivity contribution >= 4 is 11.9 Å². The topological polar surface area (TPSA) is 98.5 Å². The molecule has 1 atom stereocenters. The number of amides is 1. The molecule has 1 saturated heterocycles. The molecule has 0 aromatic rings. The van der Waals surface area contributed by atoms with E-state index in [1.165, 1.54) is 0 Å². The van der Waals surface area contributed by atoms with E-state index in [2.05, 4.69) is 5.32 Å². The highest BCUT2D eigenvalue weighted by atomic mass is 16.6. The molecule has 0 aromatic heterocycles. The number of carbonyl (C=O) groups is 2. The van der Waals surface area contributed by atoms with Crippen LogP contribution in [0.2, 0.25) is 0 Å². The van der Waals surface area contributed by atoms with Crippen LogP contribution in [0.1, 0.15) is 32.6 Å². The molecule has 1 amide bonds. The first-order valence-electron chi connectivity index (χ1n) is 6.09. The SMILES string of the molecule is CCOC(=O)C1CC2(C1)NC(=O)CCC2[N+](=O)[O-]. The minimum Gasteiger partial charge on any atom is -0.466 e. The van der Waals surface area contributed by atoms with Crippen molar-refractivity contribution in [2.75, 3.05) is 6.61 Å². The molecule has 18 heavy (non-hydrogen) atoms. The Morgan fingerprint density at radius 2 is 2.28 bits per heavy atom. The van der Waals surface area contributed by atoms with Crippen LogP contribution < -0.4 is 5.32 Å². The average molecular weight is 256 g/mol. The number of hydrogen-bond acceptors (Lipinski definition) is 5. The van der Waals surface area contributed by atoms with E-state index in [0.29, 0.717) is 19.4 Å². The number of piperidine rings is 1. The lowest BCUT2D eigenvalue weighted by molar-refractivity contribution is -0.541. The molecule has 1 aliphatic carbocycles. The molecule has 7 nitrogen and oxygen atoms in total. The zero-order valence-electron chi connectivity index (χ0n) is 10.2. The van der Waals surface area contributed by atoms with Crippen LogP contribution in [0.3, 0.4) is 0 Å². The van der Waals surface area contributed by atoms with Crippen LogP contribution in [0.25, 0.3) is 0 Å². The fourth-order valence-corrected chi connectivity index (χ4v) is 2.90. The van der Waals surface area contributed by atoms with Gasteiger partial charge in [-0.3, -0.25) is 19.7 Å². The van der Waals surface area contributed by atoms with Gasteiger partial charge in [-0.2, -0.15) is 0 Å². The normalized spacial score (nSPS) is 34.6. The molecule has 1 N–H and O–H groups in total. The van der Waals surface area contributed by atoms with Gasteiger partial charge in [0.15, 0.2) is 0 Å².